The predicted molar refractivity (Wildman–Crippen MR) is 73.8 cm³/mol. The van der Waals surface area contributed by atoms with Crippen molar-refractivity contribution in [3.8, 4) is 5.75 Å². The summed E-state index contributed by atoms with van der Waals surface area (Å²) in [6.07, 6.45) is 0. The molecule has 0 spiro atoms. The van der Waals surface area contributed by atoms with Crippen molar-refractivity contribution >= 4 is 31.9 Å². The molecule has 1 aromatic rings. The van der Waals surface area contributed by atoms with Crippen molar-refractivity contribution in [1.82, 2.24) is 5.32 Å². The van der Waals surface area contributed by atoms with Gasteiger partial charge in [0.05, 0.1) is 10.0 Å². The van der Waals surface area contributed by atoms with Crippen molar-refractivity contribution in [2.45, 2.75) is 31.9 Å². The zero-order valence-corrected chi connectivity index (χ0v) is 13.1. The van der Waals surface area contributed by atoms with Crippen LogP contribution in [0.4, 0.5) is 0 Å². The molecule has 0 saturated carbocycles. The number of phenolic OH excluding ortho intramolecular Hbond substituents is 1. The molecule has 0 radical (unpaired) electrons. The van der Waals surface area contributed by atoms with Crippen LogP contribution in [0.3, 0.4) is 0 Å². The van der Waals surface area contributed by atoms with E-state index in [1.165, 1.54) is 13.8 Å². The number of hydrogen-bond acceptors (Lipinski definition) is 5. The Morgan fingerprint density at radius 3 is 2.22 bits per heavy atom. The summed E-state index contributed by atoms with van der Waals surface area (Å²) >= 11 is 6.49. The van der Waals surface area contributed by atoms with Crippen LogP contribution < -0.4 is 5.32 Å². The zero-order chi connectivity index (χ0) is 14.1. The fourth-order valence-electron chi connectivity index (χ4n) is 1.19. The molecule has 5 nitrogen and oxygen atoms in total. The summed E-state index contributed by atoms with van der Waals surface area (Å²) < 4.78 is 1.29. The Hall–Kier alpha value is -0.180. The third-order valence-corrected chi connectivity index (χ3v) is 3.73. The van der Waals surface area contributed by atoms with Crippen LogP contribution >= 0.6 is 31.9 Å². The molecule has 0 fully saturated rings. The van der Waals surface area contributed by atoms with Crippen LogP contribution in [-0.2, 0) is 6.54 Å². The van der Waals surface area contributed by atoms with Crippen molar-refractivity contribution in [3.63, 3.8) is 0 Å². The molecule has 102 valence electrons. The molecule has 0 saturated heterocycles. The van der Waals surface area contributed by atoms with Gasteiger partial charge in [-0.05, 0) is 41.9 Å². The van der Waals surface area contributed by atoms with Gasteiger partial charge in [-0.15, -0.1) is 0 Å². The topological polar surface area (TPSA) is 93.0 Å². The van der Waals surface area contributed by atoms with Gasteiger partial charge in [0, 0.05) is 16.6 Å². The van der Waals surface area contributed by atoms with Gasteiger partial charge < -0.3 is 25.7 Å². The summed E-state index contributed by atoms with van der Waals surface area (Å²) in [7, 11) is 0. The third kappa shape index (κ3) is 3.66. The maximum Gasteiger partial charge on any atom is 0.294 e. The summed E-state index contributed by atoms with van der Waals surface area (Å²) in [6, 6.07) is 3.38. The smallest absolute Gasteiger partial charge is 0.294 e. The SMILES string of the molecule is CC(C)(NCc1cc(Br)cc(Br)c1O)C(O)(O)O. The third-order valence-electron chi connectivity index (χ3n) is 2.67. The van der Waals surface area contributed by atoms with E-state index in [9.17, 15) is 5.11 Å². The van der Waals surface area contributed by atoms with Gasteiger partial charge in [0.15, 0.2) is 0 Å². The van der Waals surface area contributed by atoms with E-state index in [2.05, 4.69) is 37.2 Å². The van der Waals surface area contributed by atoms with E-state index in [-0.39, 0.29) is 12.3 Å². The Labute approximate surface area is 122 Å². The monoisotopic (exact) mass is 383 g/mol. The minimum absolute atomic E-state index is 0.0564. The lowest BCUT2D eigenvalue weighted by Gasteiger charge is -2.34. The van der Waals surface area contributed by atoms with Gasteiger partial charge in [0.2, 0.25) is 0 Å². The van der Waals surface area contributed by atoms with Gasteiger partial charge in [-0.3, -0.25) is 0 Å². The summed E-state index contributed by atoms with van der Waals surface area (Å²) in [6.45, 7) is 3.01. The van der Waals surface area contributed by atoms with Crippen molar-refractivity contribution in [2.24, 2.45) is 0 Å². The first-order valence-electron chi connectivity index (χ1n) is 5.13. The summed E-state index contributed by atoms with van der Waals surface area (Å²) in [5.74, 6) is -2.80. The van der Waals surface area contributed by atoms with Crippen LogP contribution in [0.15, 0.2) is 21.1 Å². The molecule has 7 heteroatoms. The first-order chi connectivity index (χ1) is 8.04. The quantitative estimate of drug-likeness (QED) is 0.506. The molecule has 0 atom stereocenters. The number of rotatable bonds is 4. The van der Waals surface area contributed by atoms with Crippen molar-refractivity contribution in [3.05, 3.63) is 26.6 Å². The van der Waals surface area contributed by atoms with E-state index in [4.69, 9.17) is 15.3 Å². The summed E-state index contributed by atoms with van der Waals surface area (Å²) in [5.41, 5.74) is -0.803. The van der Waals surface area contributed by atoms with Gasteiger partial charge >= 0.3 is 0 Å². The minimum atomic E-state index is -2.86. The molecule has 0 amide bonds. The van der Waals surface area contributed by atoms with Crippen LogP contribution in [0.2, 0.25) is 0 Å². The molecular formula is C11H15Br2NO4. The van der Waals surface area contributed by atoms with E-state index < -0.39 is 11.5 Å². The molecule has 0 heterocycles. The molecule has 0 aliphatic rings. The average Bonchev–Trinajstić information content (AvgIpc) is 2.19. The lowest BCUT2D eigenvalue weighted by molar-refractivity contribution is -0.348. The van der Waals surface area contributed by atoms with Gasteiger partial charge in [-0.1, -0.05) is 15.9 Å². The molecule has 18 heavy (non-hydrogen) atoms. The highest BCUT2D eigenvalue weighted by atomic mass is 79.9. The molecular weight excluding hydrogens is 370 g/mol. The largest absolute Gasteiger partial charge is 0.506 e. The first-order valence-corrected chi connectivity index (χ1v) is 6.72. The number of halogens is 2. The normalized spacial score (nSPS) is 12.8. The molecule has 0 aromatic heterocycles. The van der Waals surface area contributed by atoms with Crippen LogP contribution in [0.5, 0.6) is 5.75 Å². The van der Waals surface area contributed by atoms with Crippen molar-refractivity contribution in [2.75, 3.05) is 0 Å². The lowest BCUT2D eigenvalue weighted by Crippen LogP contribution is -2.58. The van der Waals surface area contributed by atoms with Crippen LogP contribution in [0.1, 0.15) is 19.4 Å². The first kappa shape index (κ1) is 15.9. The van der Waals surface area contributed by atoms with Gasteiger partial charge in [-0.2, -0.15) is 0 Å². The number of aliphatic hydroxyl groups is 3. The maximum absolute atomic E-state index is 9.83. The Morgan fingerprint density at radius 1 is 1.17 bits per heavy atom. The Kier molecular flexibility index (Phi) is 4.80. The predicted octanol–water partition coefficient (Wildman–Crippen LogP) is 1.42. The second-order valence-electron chi connectivity index (χ2n) is 4.51. The zero-order valence-electron chi connectivity index (χ0n) is 9.91. The number of hydrogen-bond donors (Lipinski definition) is 5. The van der Waals surface area contributed by atoms with Crippen LogP contribution in [0.25, 0.3) is 0 Å². The van der Waals surface area contributed by atoms with Crippen LogP contribution in [-0.4, -0.2) is 31.9 Å². The van der Waals surface area contributed by atoms with E-state index in [1.54, 1.807) is 12.1 Å². The Balaban J connectivity index is 2.88. The fourth-order valence-corrected chi connectivity index (χ4v) is 2.50. The van der Waals surface area contributed by atoms with Gasteiger partial charge in [-0.25, -0.2) is 0 Å². The molecule has 0 bridgehead atoms. The second-order valence-corrected chi connectivity index (χ2v) is 6.28. The van der Waals surface area contributed by atoms with Crippen molar-refractivity contribution < 1.29 is 20.4 Å². The molecule has 0 aliphatic heterocycles. The number of phenols is 1. The number of benzene rings is 1. The average molecular weight is 385 g/mol. The molecule has 5 N–H and O–H groups in total. The summed E-state index contributed by atoms with van der Waals surface area (Å²) in [5, 5.41) is 40.1. The Bertz CT molecular complexity index is 443. The Morgan fingerprint density at radius 2 is 1.72 bits per heavy atom. The highest BCUT2D eigenvalue weighted by molar-refractivity contribution is 9.11. The summed E-state index contributed by atoms with van der Waals surface area (Å²) in [4.78, 5) is 0. The number of aromatic hydroxyl groups is 1. The number of nitrogens with one attached hydrogen (secondary N) is 1. The van der Waals surface area contributed by atoms with Crippen molar-refractivity contribution in [1.29, 1.82) is 0 Å². The molecule has 0 unspecified atom stereocenters. The highest BCUT2D eigenvalue weighted by Crippen LogP contribution is 2.32. The minimum Gasteiger partial charge on any atom is -0.506 e. The van der Waals surface area contributed by atoms with E-state index in [0.717, 1.165) is 4.47 Å². The van der Waals surface area contributed by atoms with E-state index in [0.29, 0.717) is 10.0 Å². The standard InChI is InChI=1S/C11H15Br2NO4/c1-10(2,11(16,17)18)14-5-6-3-7(12)4-8(13)9(6)15/h3-4,14-18H,5H2,1-2H3. The lowest BCUT2D eigenvalue weighted by atomic mass is 10.0. The molecule has 0 aliphatic carbocycles. The van der Waals surface area contributed by atoms with E-state index in [1.807, 2.05) is 0 Å². The van der Waals surface area contributed by atoms with Crippen LogP contribution in [0, 0.1) is 0 Å². The molecule has 1 rings (SSSR count). The second kappa shape index (κ2) is 5.44. The van der Waals surface area contributed by atoms with Gasteiger partial charge in [0.1, 0.15) is 5.75 Å². The van der Waals surface area contributed by atoms with Gasteiger partial charge in [0.25, 0.3) is 5.97 Å². The fraction of sp³-hybridized carbons (Fsp3) is 0.455. The molecule has 1 aromatic carbocycles. The highest BCUT2D eigenvalue weighted by Gasteiger charge is 2.40. The van der Waals surface area contributed by atoms with E-state index >= 15 is 0 Å². The maximum atomic E-state index is 9.83.